The largest absolute Gasteiger partial charge is 0.355 e. The monoisotopic (exact) mass is 446 g/mol. The summed E-state index contributed by atoms with van der Waals surface area (Å²) in [4.78, 5) is 30.0. The molecule has 5 heteroatoms. The number of thiophene rings is 1. The zero-order chi connectivity index (χ0) is 22.7. The first-order valence-electron chi connectivity index (χ1n) is 11.2. The fraction of sp³-hybridized carbons (Fsp3) is 0.333. The highest BCUT2D eigenvalue weighted by Crippen LogP contribution is 2.44. The average Bonchev–Trinajstić information content (AvgIpc) is 3.31. The number of fused-ring (bicyclic) bond motifs is 1. The minimum atomic E-state index is -0.431. The van der Waals surface area contributed by atoms with Crippen molar-refractivity contribution < 1.29 is 9.59 Å². The normalized spacial score (nSPS) is 18.0. The number of aryl methyl sites for hydroxylation is 1. The quantitative estimate of drug-likeness (QED) is 0.532. The van der Waals surface area contributed by atoms with Crippen LogP contribution in [-0.2, 0) is 11.2 Å². The van der Waals surface area contributed by atoms with Gasteiger partial charge in [0.15, 0.2) is 0 Å². The standard InChI is InChI=1S/C27H30N2O2S/c1-18(2)17-29-25(23-9-6-16-32-23)24(21-7-4-5-8-22(21)27(29)31)26(30)28-15-14-20-12-10-19(3)11-13-20/h4-13,16,18,24-25H,14-15,17H2,1-3H3,(H,28,30)/t24-,25-/m0/s1. The number of nitrogens with zero attached hydrogens (tertiary/aromatic N) is 1. The van der Waals surface area contributed by atoms with Crippen molar-refractivity contribution in [3.8, 4) is 0 Å². The number of benzene rings is 2. The van der Waals surface area contributed by atoms with Crippen molar-refractivity contribution in [1.29, 1.82) is 0 Å². The van der Waals surface area contributed by atoms with Crippen LogP contribution >= 0.6 is 11.3 Å². The summed E-state index contributed by atoms with van der Waals surface area (Å²) in [5, 5.41) is 5.18. The van der Waals surface area contributed by atoms with Crippen molar-refractivity contribution >= 4 is 23.2 Å². The lowest BCUT2D eigenvalue weighted by Crippen LogP contribution is -2.48. The molecule has 3 aromatic rings. The minimum absolute atomic E-state index is 0.0106. The third-order valence-electron chi connectivity index (χ3n) is 5.95. The van der Waals surface area contributed by atoms with E-state index in [0.717, 1.165) is 16.9 Å². The molecule has 2 aromatic carbocycles. The molecular weight excluding hydrogens is 416 g/mol. The molecule has 0 radical (unpaired) electrons. The number of carbonyl (C=O) groups is 2. The molecule has 166 valence electrons. The number of hydrogen-bond donors (Lipinski definition) is 1. The van der Waals surface area contributed by atoms with Gasteiger partial charge in [-0.1, -0.05) is 67.9 Å². The van der Waals surface area contributed by atoms with Gasteiger partial charge < -0.3 is 10.2 Å². The summed E-state index contributed by atoms with van der Waals surface area (Å²) in [5.41, 5.74) is 3.89. The van der Waals surface area contributed by atoms with Crippen LogP contribution in [0.3, 0.4) is 0 Å². The van der Waals surface area contributed by atoms with Crippen LogP contribution in [0.15, 0.2) is 66.0 Å². The summed E-state index contributed by atoms with van der Waals surface area (Å²) in [7, 11) is 0. The van der Waals surface area contributed by atoms with Gasteiger partial charge in [0.05, 0.1) is 12.0 Å². The van der Waals surface area contributed by atoms with Crippen LogP contribution in [0.2, 0.25) is 0 Å². The SMILES string of the molecule is Cc1ccc(CCNC(=O)[C@H]2c3ccccc3C(=O)N(CC(C)C)[C@H]2c2cccs2)cc1. The summed E-state index contributed by atoms with van der Waals surface area (Å²) in [6.07, 6.45) is 0.776. The fourth-order valence-electron chi connectivity index (χ4n) is 4.44. The highest BCUT2D eigenvalue weighted by molar-refractivity contribution is 7.10. The fourth-order valence-corrected chi connectivity index (χ4v) is 5.31. The van der Waals surface area contributed by atoms with Gasteiger partial charge in [0.25, 0.3) is 5.91 Å². The molecule has 32 heavy (non-hydrogen) atoms. The summed E-state index contributed by atoms with van der Waals surface area (Å²) < 4.78 is 0. The summed E-state index contributed by atoms with van der Waals surface area (Å²) in [5.74, 6) is -0.142. The van der Waals surface area contributed by atoms with E-state index in [1.165, 1.54) is 11.1 Å². The van der Waals surface area contributed by atoms with Crippen molar-refractivity contribution in [2.24, 2.45) is 5.92 Å². The van der Waals surface area contributed by atoms with Crippen LogP contribution in [-0.4, -0.2) is 29.8 Å². The van der Waals surface area contributed by atoms with E-state index in [1.807, 2.05) is 46.7 Å². The Hall–Kier alpha value is -2.92. The Morgan fingerprint density at radius 1 is 1.06 bits per heavy atom. The molecule has 4 rings (SSSR count). The second-order valence-electron chi connectivity index (χ2n) is 8.90. The first-order chi connectivity index (χ1) is 15.5. The average molecular weight is 447 g/mol. The Balaban J connectivity index is 1.64. The van der Waals surface area contributed by atoms with Crippen LogP contribution in [0.4, 0.5) is 0 Å². The highest BCUT2D eigenvalue weighted by Gasteiger charge is 2.44. The van der Waals surface area contributed by atoms with Crippen molar-refractivity contribution in [2.45, 2.75) is 39.2 Å². The molecule has 0 fully saturated rings. The lowest BCUT2D eigenvalue weighted by molar-refractivity contribution is -0.124. The number of carbonyl (C=O) groups excluding carboxylic acids is 2. The van der Waals surface area contributed by atoms with Gasteiger partial charge >= 0.3 is 0 Å². The maximum Gasteiger partial charge on any atom is 0.254 e. The smallest absolute Gasteiger partial charge is 0.254 e. The summed E-state index contributed by atoms with van der Waals surface area (Å²) in [6.45, 7) is 7.46. The number of nitrogens with one attached hydrogen (secondary N) is 1. The van der Waals surface area contributed by atoms with Gasteiger partial charge in [-0.25, -0.2) is 0 Å². The van der Waals surface area contributed by atoms with E-state index in [4.69, 9.17) is 0 Å². The Kier molecular flexibility index (Phi) is 6.75. The van der Waals surface area contributed by atoms with E-state index >= 15 is 0 Å². The van der Waals surface area contributed by atoms with Crippen molar-refractivity contribution in [1.82, 2.24) is 10.2 Å². The topological polar surface area (TPSA) is 49.4 Å². The van der Waals surface area contributed by atoms with Gasteiger partial charge in [-0.15, -0.1) is 11.3 Å². The molecular formula is C27H30N2O2S. The summed E-state index contributed by atoms with van der Waals surface area (Å²) >= 11 is 1.61. The van der Waals surface area contributed by atoms with Crippen LogP contribution < -0.4 is 5.32 Å². The van der Waals surface area contributed by atoms with Crippen molar-refractivity contribution in [2.75, 3.05) is 13.1 Å². The molecule has 1 aliphatic heterocycles. The van der Waals surface area contributed by atoms with Gasteiger partial charge in [-0.2, -0.15) is 0 Å². The molecule has 0 saturated carbocycles. The molecule has 0 saturated heterocycles. The molecule has 1 N–H and O–H groups in total. The highest BCUT2D eigenvalue weighted by atomic mass is 32.1. The third-order valence-corrected chi connectivity index (χ3v) is 6.89. The Bertz CT molecular complexity index is 1070. The molecule has 1 aromatic heterocycles. The number of amides is 2. The second kappa shape index (κ2) is 9.70. The van der Waals surface area contributed by atoms with Crippen LogP contribution in [0.1, 0.15) is 57.7 Å². The second-order valence-corrected chi connectivity index (χ2v) is 9.88. The predicted molar refractivity (Wildman–Crippen MR) is 130 cm³/mol. The van der Waals surface area contributed by atoms with E-state index in [9.17, 15) is 9.59 Å². The van der Waals surface area contributed by atoms with E-state index < -0.39 is 5.92 Å². The molecule has 1 aliphatic rings. The Morgan fingerprint density at radius 3 is 2.50 bits per heavy atom. The van der Waals surface area contributed by atoms with E-state index in [1.54, 1.807) is 11.3 Å². The first kappa shape index (κ1) is 22.3. The van der Waals surface area contributed by atoms with Gasteiger partial charge in [-0.05, 0) is 47.9 Å². The summed E-state index contributed by atoms with van der Waals surface area (Å²) in [6, 6.07) is 19.7. The van der Waals surface area contributed by atoms with Gasteiger partial charge in [-0.3, -0.25) is 9.59 Å². The van der Waals surface area contributed by atoms with Crippen LogP contribution in [0, 0.1) is 12.8 Å². The number of rotatable bonds is 7. The van der Waals surface area contributed by atoms with Gasteiger partial charge in [0, 0.05) is 23.5 Å². The van der Waals surface area contributed by atoms with Gasteiger partial charge in [0.2, 0.25) is 5.91 Å². The minimum Gasteiger partial charge on any atom is -0.355 e. The first-order valence-corrected chi connectivity index (χ1v) is 12.1. The van der Waals surface area contributed by atoms with Crippen LogP contribution in [0.25, 0.3) is 0 Å². The lowest BCUT2D eigenvalue weighted by Gasteiger charge is -2.42. The zero-order valence-electron chi connectivity index (χ0n) is 18.9. The molecule has 0 unspecified atom stereocenters. The molecule has 4 nitrogen and oxygen atoms in total. The molecule has 0 bridgehead atoms. The van der Waals surface area contributed by atoms with E-state index in [0.29, 0.717) is 24.6 Å². The number of hydrogen-bond acceptors (Lipinski definition) is 3. The van der Waals surface area contributed by atoms with E-state index in [2.05, 4.69) is 50.4 Å². The molecule has 2 amide bonds. The molecule has 0 aliphatic carbocycles. The molecule has 2 atom stereocenters. The zero-order valence-corrected chi connectivity index (χ0v) is 19.7. The van der Waals surface area contributed by atoms with E-state index in [-0.39, 0.29) is 17.9 Å². The van der Waals surface area contributed by atoms with Crippen LogP contribution in [0.5, 0.6) is 0 Å². The maximum atomic E-state index is 13.6. The van der Waals surface area contributed by atoms with Crippen molar-refractivity contribution in [3.63, 3.8) is 0 Å². The van der Waals surface area contributed by atoms with Gasteiger partial charge in [0.1, 0.15) is 0 Å². The Labute approximate surface area is 194 Å². The molecule has 2 heterocycles. The molecule has 0 spiro atoms. The van der Waals surface area contributed by atoms with Crippen molar-refractivity contribution in [3.05, 3.63) is 93.2 Å². The third kappa shape index (κ3) is 4.63. The predicted octanol–water partition coefficient (Wildman–Crippen LogP) is 5.35. The maximum absolute atomic E-state index is 13.6. The Morgan fingerprint density at radius 2 is 1.81 bits per heavy atom. The lowest BCUT2D eigenvalue weighted by atomic mass is 9.81.